The molecular weight excluding hydrogens is 394 g/mol. The first-order valence-corrected chi connectivity index (χ1v) is 10.9. The minimum absolute atomic E-state index is 0.190. The molecule has 0 radical (unpaired) electrons. The van der Waals surface area contributed by atoms with Crippen molar-refractivity contribution in [3.05, 3.63) is 35.9 Å². The summed E-state index contributed by atoms with van der Waals surface area (Å²) in [7, 11) is 0. The predicted molar refractivity (Wildman–Crippen MR) is 110 cm³/mol. The third kappa shape index (κ3) is 5.96. The summed E-state index contributed by atoms with van der Waals surface area (Å²) >= 11 is 1.55. The van der Waals surface area contributed by atoms with Crippen LogP contribution in [-0.4, -0.2) is 70.4 Å². The van der Waals surface area contributed by atoms with Gasteiger partial charge in [-0.2, -0.15) is 11.8 Å². The zero-order valence-corrected chi connectivity index (χ0v) is 17.4. The summed E-state index contributed by atoms with van der Waals surface area (Å²) in [5.74, 6) is -1.25. The van der Waals surface area contributed by atoms with E-state index in [0.717, 1.165) is 5.56 Å². The number of nitrogens with one attached hydrogen (secondary N) is 2. The van der Waals surface area contributed by atoms with Gasteiger partial charge in [0.05, 0.1) is 0 Å². The maximum Gasteiger partial charge on any atom is 0.326 e. The van der Waals surface area contributed by atoms with Crippen molar-refractivity contribution in [3.63, 3.8) is 0 Å². The summed E-state index contributed by atoms with van der Waals surface area (Å²) in [6.07, 6.45) is 3.32. The van der Waals surface area contributed by atoms with Crippen molar-refractivity contribution in [2.75, 3.05) is 12.0 Å². The number of carbonyl (C=O) groups is 4. The number of nitrogens with zero attached hydrogens (tertiary/aromatic N) is 1. The fraction of sp³-hybridized carbons (Fsp3) is 0.500. The Balaban J connectivity index is 2.10. The molecule has 29 heavy (non-hydrogen) atoms. The first kappa shape index (κ1) is 22.7. The van der Waals surface area contributed by atoms with E-state index >= 15 is 0 Å². The van der Waals surface area contributed by atoms with Crippen LogP contribution in [0.25, 0.3) is 0 Å². The second-order valence-electron chi connectivity index (χ2n) is 7.05. The van der Waals surface area contributed by atoms with Crippen LogP contribution in [-0.2, 0) is 25.6 Å². The fourth-order valence-corrected chi connectivity index (χ4v) is 4.03. The topological polar surface area (TPSA) is 116 Å². The maximum atomic E-state index is 12.9. The van der Waals surface area contributed by atoms with Crippen LogP contribution in [0.3, 0.4) is 0 Å². The zero-order chi connectivity index (χ0) is 21.4. The maximum absolute atomic E-state index is 12.9. The molecule has 1 aliphatic heterocycles. The van der Waals surface area contributed by atoms with Crippen molar-refractivity contribution in [1.29, 1.82) is 0 Å². The van der Waals surface area contributed by atoms with E-state index in [4.69, 9.17) is 0 Å². The van der Waals surface area contributed by atoms with E-state index in [2.05, 4.69) is 10.6 Å². The Kier molecular flexibility index (Phi) is 8.50. The van der Waals surface area contributed by atoms with Crippen LogP contribution in [0.5, 0.6) is 0 Å². The number of aliphatic carboxylic acids is 1. The summed E-state index contributed by atoms with van der Waals surface area (Å²) in [5, 5.41) is 14.9. The lowest BCUT2D eigenvalue weighted by molar-refractivity contribution is -0.150. The van der Waals surface area contributed by atoms with Crippen molar-refractivity contribution < 1.29 is 24.3 Å². The number of carboxylic acid groups (broad SMARTS) is 1. The molecule has 1 saturated heterocycles. The van der Waals surface area contributed by atoms with Gasteiger partial charge in [-0.15, -0.1) is 0 Å². The first-order valence-electron chi connectivity index (χ1n) is 9.47. The Hall–Kier alpha value is -2.55. The van der Waals surface area contributed by atoms with Gasteiger partial charge in [0.1, 0.15) is 18.1 Å². The molecule has 0 spiro atoms. The lowest BCUT2D eigenvalue weighted by Crippen LogP contribution is -2.52. The minimum atomic E-state index is -1.08. The summed E-state index contributed by atoms with van der Waals surface area (Å²) in [6.45, 7) is 1.78. The number of benzene rings is 1. The molecule has 0 bridgehead atoms. The Morgan fingerprint density at radius 3 is 2.62 bits per heavy atom. The molecule has 0 aromatic heterocycles. The van der Waals surface area contributed by atoms with Gasteiger partial charge in [-0.1, -0.05) is 30.3 Å². The number of rotatable bonds is 11. The van der Waals surface area contributed by atoms with E-state index < -0.39 is 35.9 Å². The molecule has 1 unspecified atom stereocenters. The first-order chi connectivity index (χ1) is 13.9. The third-order valence-corrected chi connectivity index (χ3v) is 5.65. The van der Waals surface area contributed by atoms with Crippen molar-refractivity contribution in [2.24, 2.45) is 0 Å². The highest BCUT2D eigenvalue weighted by Gasteiger charge is 2.44. The third-order valence-electron chi connectivity index (χ3n) is 5.01. The van der Waals surface area contributed by atoms with Crippen molar-refractivity contribution in [3.8, 4) is 0 Å². The molecule has 1 fully saturated rings. The fourth-order valence-electron chi connectivity index (χ4n) is 3.56. The Morgan fingerprint density at radius 2 is 2.03 bits per heavy atom. The Morgan fingerprint density at radius 1 is 1.34 bits per heavy atom. The largest absolute Gasteiger partial charge is 0.480 e. The highest BCUT2D eigenvalue weighted by atomic mass is 32.2. The van der Waals surface area contributed by atoms with Gasteiger partial charge in [0.25, 0.3) is 0 Å². The van der Waals surface area contributed by atoms with E-state index in [1.54, 1.807) is 18.7 Å². The highest BCUT2D eigenvalue weighted by Crippen LogP contribution is 2.24. The second kappa shape index (κ2) is 10.8. The zero-order valence-electron chi connectivity index (χ0n) is 16.5. The highest BCUT2D eigenvalue weighted by molar-refractivity contribution is 7.98. The average Bonchev–Trinajstić information content (AvgIpc) is 2.97. The summed E-state index contributed by atoms with van der Waals surface area (Å²) < 4.78 is 0. The molecule has 2 rings (SSSR count). The lowest BCUT2D eigenvalue weighted by atomic mass is 10.0. The van der Waals surface area contributed by atoms with Gasteiger partial charge in [0.2, 0.25) is 18.2 Å². The van der Waals surface area contributed by atoms with Crippen LogP contribution >= 0.6 is 11.8 Å². The molecule has 8 nitrogen and oxygen atoms in total. The standard InChI is InChI=1S/C20H27N3O5S/c1-13-10-16(22-18(25)15(21-12-24)8-9-29-2)19(26)23(13)17(20(27)28)11-14-6-4-3-5-7-14/h3-7,12-13,15-17H,8-11H2,1-2H3,(H,21,24)(H,22,25)(H,27,28)/t13?,15-,16-,17-/m1/s1. The van der Waals surface area contributed by atoms with Crippen LogP contribution < -0.4 is 10.6 Å². The quantitative estimate of drug-likeness (QED) is 0.452. The minimum Gasteiger partial charge on any atom is -0.480 e. The van der Waals surface area contributed by atoms with E-state index in [9.17, 15) is 24.3 Å². The summed E-state index contributed by atoms with van der Waals surface area (Å²) in [4.78, 5) is 49.5. The van der Waals surface area contributed by atoms with Crippen LogP contribution in [0, 0.1) is 0 Å². The number of thioether (sulfide) groups is 1. The van der Waals surface area contributed by atoms with Gasteiger partial charge in [0.15, 0.2) is 0 Å². The van der Waals surface area contributed by atoms with Crippen molar-refractivity contribution >= 4 is 36.0 Å². The summed E-state index contributed by atoms with van der Waals surface area (Å²) in [5.41, 5.74) is 0.819. The molecule has 0 aliphatic carbocycles. The molecule has 1 heterocycles. The molecule has 0 saturated carbocycles. The van der Waals surface area contributed by atoms with Crippen LogP contribution in [0.1, 0.15) is 25.3 Å². The molecule has 4 atom stereocenters. The van der Waals surface area contributed by atoms with E-state index in [1.165, 1.54) is 4.90 Å². The smallest absolute Gasteiger partial charge is 0.326 e. The number of hydrogen-bond donors (Lipinski definition) is 3. The van der Waals surface area contributed by atoms with E-state index in [1.807, 2.05) is 36.6 Å². The predicted octanol–water partition coefficient (Wildman–Crippen LogP) is 0.656. The number of carbonyl (C=O) groups excluding carboxylic acids is 3. The number of hydrogen-bond acceptors (Lipinski definition) is 5. The Labute approximate surface area is 174 Å². The van der Waals surface area contributed by atoms with Gasteiger partial charge in [0, 0.05) is 12.5 Å². The van der Waals surface area contributed by atoms with Gasteiger partial charge in [-0.05, 0) is 37.3 Å². The van der Waals surface area contributed by atoms with Crippen molar-refractivity contribution in [1.82, 2.24) is 15.5 Å². The normalized spacial score (nSPS) is 20.8. The average molecular weight is 422 g/mol. The van der Waals surface area contributed by atoms with Crippen LogP contribution in [0.15, 0.2) is 30.3 Å². The summed E-state index contributed by atoms with van der Waals surface area (Å²) in [6, 6.07) is 6.25. The molecule has 1 aromatic rings. The SMILES string of the molecule is CSCC[C@@H](NC=O)C(=O)N[C@@H]1CC(C)N([C@H](Cc2ccccc2)C(=O)O)C1=O. The number of amides is 3. The van der Waals surface area contributed by atoms with Gasteiger partial charge >= 0.3 is 5.97 Å². The van der Waals surface area contributed by atoms with E-state index in [0.29, 0.717) is 25.0 Å². The molecule has 1 aromatic carbocycles. The van der Waals surface area contributed by atoms with Crippen LogP contribution in [0.4, 0.5) is 0 Å². The monoisotopic (exact) mass is 421 g/mol. The molecule has 3 amide bonds. The van der Waals surface area contributed by atoms with Crippen molar-refractivity contribution in [2.45, 2.75) is 50.4 Å². The van der Waals surface area contributed by atoms with Gasteiger partial charge in [-0.3, -0.25) is 14.4 Å². The molecule has 158 valence electrons. The van der Waals surface area contributed by atoms with Gasteiger partial charge in [-0.25, -0.2) is 4.79 Å². The molecule has 9 heteroatoms. The Bertz CT molecular complexity index is 730. The van der Waals surface area contributed by atoms with Crippen LogP contribution in [0.2, 0.25) is 0 Å². The van der Waals surface area contributed by atoms with E-state index in [-0.39, 0.29) is 12.5 Å². The number of carboxylic acids is 1. The number of likely N-dealkylation sites (tertiary alicyclic amines) is 1. The second-order valence-corrected chi connectivity index (χ2v) is 8.04. The molecular formula is C20H27N3O5S. The molecule has 1 aliphatic rings. The lowest BCUT2D eigenvalue weighted by Gasteiger charge is -2.29. The molecule has 3 N–H and O–H groups in total. The van der Waals surface area contributed by atoms with Gasteiger partial charge < -0.3 is 20.6 Å².